The summed E-state index contributed by atoms with van der Waals surface area (Å²) in [7, 11) is 0. The van der Waals surface area contributed by atoms with Crippen molar-refractivity contribution < 1.29 is 5.11 Å². The van der Waals surface area contributed by atoms with Crippen LogP contribution in [0.2, 0.25) is 0 Å². The van der Waals surface area contributed by atoms with Crippen molar-refractivity contribution in [3.8, 4) is 0 Å². The van der Waals surface area contributed by atoms with E-state index in [1.54, 1.807) is 11.8 Å². The Labute approximate surface area is 176 Å². The molecular formula is C19H29IN4OS. The largest absolute Gasteiger partial charge is 0.387 e. The van der Waals surface area contributed by atoms with Gasteiger partial charge in [-0.15, -0.1) is 24.0 Å². The van der Waals surface area contributed by atoms with E-state index in [4.69, 9.17) is 0 Å². The number of aromatic nitrogens is 1. The zero-order valence-corrected chi connectivity index (χ0v) is 18.6. The summed E-state index contributed by atoms with van der Waals surface area (Å²) >= 11 is 1.80. The monoisotopic (exact) mass is 488 g/mol. The van der Waals surface area contributed by atoms with E-state index in [-0.39, 0.29) is 24.0 Å². The van der Waals surface area contributed by atoms with Crippen LogP contribution in [0.4, 0.5) is 0 Å². The molecule has 1 aromatic carbocycles. The van der Waals surface area contributed by atoms with Crippen molar-refractivity contribution in [2.75, 3.05) is 31.1 Å². The van der Waals surface area contributed by atoms with E-state index >= 15 is 0 Å². The molecule has 0 spiro atoms. The number of benzene rings is 1. The first-order valence-electron chi connectivity index (χ1n) is 8.98. The third-order valence-electron chi connectivity index (χ3n) is 4.57. The fourth-order valence-corrected chi connectivity index (χ4v) is 4.40. The number of thioether (sulfide) groups is 1. The van der Waals surface area contributed by atoms with Crippen LogP contribution in [0.3, 0.4) is 0 Å². The Hall–Kier alpha value is -0.930. The summed E-state index contributed by atoms with van der Waals surface area (Å²) in [6.07, 6.45) is 3.84. The quantitative estimate of drug-likeness (QED) is 0.287. The number of hydrogen-bond acceptors (Lipinski definition) is 3. The number of rotatable bonds is 6. The second-order valence-corrected chi connectivity index (χ2v) is 7.87. The maximum Gasteiger partial charge on any atom is 0.191 e. The number of hydrogen-bond donors (Lipinski definition) is 4. The first kappa shape index (κ1) is 21.4. The highest BCUT2D eigenvalue weighted by atomic mass is 127. The van der Waals surface area contributed by atoms with Gasteiger partial charge in [-0.2, -0.15) is 11.8 Å². The predicted octanol–water partition coefficient (Wildman–Crippen LogP) is 3.06. The molecule has 1 saturated heterocycles. The molecule has 1 aliphatic rings. The van der Waals surface area contributed by atoms with Crippen LogP contribution in [-0.4, -0.2) is 52.8 Å². The number of aryl methyl sites for hydroxylation is 1. The molecule has 1 aliphatic heterocycles. The van der Waals surface area contributed by atoms with Crippen LogP contribution in [-0.2, 0) is 6.42 Å². The van der Waals surface area contributed by atoms with Crippen LogP contribution in [0.5, 0.6) is 0 Å². The van der Waals surface area contributed by atoms with Gasteiger partial charge in [0.1, 0.15) is 0 Å². The molecule has 26 heavy (non-hydrogen) atoms. The summed E-state index contributed by atoms with van der Waals surface area (Å²) in [5, 5.41) is 18.4. The van der Waals surface area contributed by atoms with Crippen molar-refractivity contribution in [2.45, 2.75) is 32.3 Å². The second kappa shape index (κ2) is 9.85. The van der Waals surface area contributed by atoms with Gasteiger partial charge < -0.3 is 20.7 Å². The summed E-state index contributed by atoms with van der Waals surface area (Å²) < 4.78 is 0. The standard InChI is InChI=1S/C19H28N4OS.HI/c1-3-20-18(23-12-19(24)7-9-25-13-19)21-8-6-15-11-22-17-10-14(2)4-5-16(15)17;/h4-5,10-11,22,24H,3,6-9,12-13H2,1-2H3,(H2,20,21,23);1H. The minimum absolute atomic E-state index is 0. The zero-order chi connectivity index (χ0) is 17.7. The van der Waals surface area contributed by atoms with Gasteiger partial charge in [0.15, 0.2) is 5.96 Å². The van der Waals surface area contributed by atoms with Gasteiger partial charge in [-0.1, -0.05) is 12.1 Å². The van der Waals surface area contributed by atoms with Gasteiger partial charge >= 0.3 is 0 Å². The Balaban J connectivity index is 0.00000243. The number of H-pyrrole nitrogens is 1. The van der Waals surface area contributed by atoms with Gasteiger partial charge in [-0.3, -0.25) is 4.99 Å². The molecule has 0 radical (unpaired) electrons. The molecule has 1 aromatic heterocycles. The van der Waals surface area contributed by atoms with E-state index in [0.29, 0.717) is 6.54 Å². The fourth-order valence-electron chi connectivity index (χ4n) is 3.11. The third-order valence-corrected chi connectivity index (χ3v) is 5.80. The Morgan fingerprint density at radius 3 is 2.96 bits per heavy atom. The summed E-state index contributed by atoms with van der Waals surface area (Å²) in [6.45, 7) is 6.24. The smallest absolute Gasteiger partial charge is 0.191 e. The average molecular weight is 488 g/mol. The lowest BCUT2D eigenvalue weighted by atomic mass is 10.1. The topological polar surface area (TPSA) is 72.4 Å². The fraction of sp³-hybridized carbons (Fsp3) is 0.526. The Morgan fingerprint density at radius 2 is 2.23 bits per heavy atom. The van der Waals surface area contributed by atoms with E-state index < -0.39 is 5.60 Å². The van der Waals surface area contributed by atoms with Gasteiger partial charge in [0.2, 0.25) is 0 Å². The molecule has 1 fully saturated rings. The third kappa shape index (κ3) is 5.53. The van der Waals surface area contributed by atoms with Crippen LogP contribution in [0, 0.1) is 6.92 Å². The van der Waals surface area contributed by atoms with Crippen LogP contribution in [0.25, 0.3) is 10.9 Å². The lowest BCUT2D eigenvalue weighted by Crippen LogP contribution is -2.40. The van der Waals surface area contributed by atoms with Crippen molar-refractivity contribution in [1.29, 1.82) is 0 Å². The summed E-state index contributed by atoms with van der Waals surface area (Å²) in [5.41, 5.74) is 3.13. The molecule has 3 rings (SSSR count). The van der Waals surface area contributed by atoms with Crippen molar-refractivity contribution in [2.24, 2.45) is 4.99 Å². The lowest BCUT2D eigenvalue weighted by Gasteiger charge is -2.19. The maximum absolute atomic E-state index is 10.4. The van der Waals surface area contributed by atoms with Crippen LogP contribution >= 0.6 is 35.7 Å². The maximum atomic E-state index is 10.4. The minimum Gasteiger partial charge on any atom is -0.387 e. The summed E-state index contributed by atoms with van der Waals surface area (Å²) in [4.78, 5) is 7.93. The van der Waals surface area contributed by atoms with Gasteiger partial charge in [-0.05, 0) is 49.6 Å². The molecule has 0 amide bonds. The predicted molar refractivity (Wildman–Crippen MR) is 123 cm³/mol. The SMILES string of the molecule is CCNC(=NCC1(O)CCSC1)NCCc1c[nH]c2cc(C)ccc12.I. The Bertz CT molecular complexity index is 740. The molecule has 4 N–H and O–H groups in total. The lowest BCUT2D eigenvalue weighted by molar-refractivity contribution is 0.0778. The number of aliphatic hydroxyl groups is 1. The van der Waals surface area contributed by atoms with E-state index in [0.717, 1.165) is 43.4 Å². The number of fused-ring (bicyclic) bond motifs is 1. The highest BCUT2D eigenvalue weighted by Crippen LogP contribution is 2.27. The zero-order valence-electron chi connectivity index (χ0n) is 15.5. The van der Waals surface area contributed by atoms with Crippen molar-refractivity contribution in [1.82, 2.24) is 15.6 Å². The highest BCUT2D eigenvalue weighted by Gasteiger charge is 2.31. The van der Waals surface area contributed by atoms with Gasteiger partial charge in [-0.25, -0.2) is 0 Å². The van der Waals surface area contributed by atoms with Crippen LogP contribution in [0.1, 0.15) is 24.5 Å². The number of aromatic amines is 1. The number of nitrogens with one attached hydrogen (secondary N) is 3. The number of aliphatic imine (C=N–C) groups is 1. The molecule has 0 saturated carbocycles. The molecule has 1 atom stereocenters. The molecule has 1 unspecified atom stereocenters. The first-order valence-corrected chi connectivity index (χ1v) is 10.1. The van der Waals surface area contributed by atoms with Crippen LogP contribution < -0.4 is 10.6 Å². The minimum atomic E-state index is -0.637. The van der Waals surface area contributed by atoms with E-state index in [2.05, 4.69) is 58.9 Å². The van der Waals surface area contributed by atoms with Crippen molar-refractivity contribution in [3.63, 3.8) is 0 Å². The van der Waals surface area contributed by atoms with E-state index in [1.165, 1.54) is 22.0 Å². The molecule has 5 nitrogen and oxygen atoms in total. The number of guanidine groups is 1. The first-order chi connectivity index (χ1) is 12.1. The molecular weight excluding hydrogens is 459 g/mol. The molecule has 0 bridgehead atoms. The van der Waals surface area contributed by atoms with E-state index in [1.807, 2.05) is 0 Å². The molecule has 2 aromatic rings. The Kier molecular flexibility index (Phi) is 8.09. The van der Waals surface area contributed by atoms with Crippen LogP contribution in [0.15, 0.2) is 29.4 Å². The molecule has 7 heteroatoms. The Morgan fingerprint density at radius 1 is 1.38 bits per heavy atom. The summed E-state index contributed by atoms with van der Waals surface area (Å²) in [5.74, 6) is 2.59. The average Bonchev–Trinajstić information content (AvgIpc) is 3.19. The number of nitrogens with zero attached hydrogens (tertiary/aromatic N) is 1. The normalized spacial score (nSPS) is 20.2. The second-order valence-electron chi connectivity index (χ2n) is 6.76. The molecule has 0 aliphatic carbocycles. The highest BCUT2D eigenvalue weighted by molar-refractivity contribution is 14.0. The summed E-state index contributed by atoms with van der Waals surface area (Å²) in [6, 6.07) is 6.51. The van der Waals surface area contributed by atoms with Gasteiger partial charge in [0, 0.05) is 35.9 Å². The van der Waals surface area contributed by atoms with Crippen molar-refractivity contribution in [3.05, 3.63) is 35.5 Å². The number of halogens is 1. The van der Waals surface area contributed by atoms with Gasteiger partial charge in [0.25, 0.3) is 0 Å². The van der Waals surface area contributed by atoms with Crippen molar-refractivity contribution >= 4 is 52.6 Å². The molecule has 144 valence electrons. The molecule has 2 heterocycles. The van der Waals surface area contributed by atoms with E-state index in [9.17, 15) is 5.11 Å². The van der Waals surface area contributed by atoms with Gasteiger partial charge in [0.05, 0.1) is 12.1 Å².